The average Bonchev–Trinajstić information content (AvgIpc) is 3.56. The summed E-state index contributed by atoms with van der Waals surface area (Å²) in [4.78, 5) is 23.4. The number of fused-ring (bicyclic) bond motifs is 1. The van der Waals surface area contributed by atoms with Crippen LogP contribution in [0, 0.1) is 11.8 Å². The molecule has 3 aliphatic heterocycles. The Morgan fingerprint density at radius 1 is 1.03 bits per heavy atom. The summed E-state index contributed by atoms with van der Waals surface area (Å²) in [6.07, 6.45) is 10.8. The molecule has 0 N–H and O–H groups in total. The van der Waals surface area contributed by atoms with Gasteiger partial charge in [-0.2, -0.15) is 0 Å². The maximum Gasteiger partial charge on any atom is 0.330 e. The summed E-state index contributed by atoms with van der Waals surface area (Å²) in [6.45, 7) is 11.3. The molecule has 218 valence electrons. The first-order valence-electron chi connectivity index (χ1n) is 14.7. The molecule has 3 heterocycles. The molecular formula is C30H50O8. The molecule has 0 aromatic carbocycles. The lowest BCUT2D eigenvalue weighted by atomic mass is 9.85. The Bertz CT molecular complexity index is 793. The number of carbonyl (C=O) groups is 2. The number of rotatable bonds is 16. The van der Waals surface area contributed by atoms with Crippen molar-refractivity contribution in [3.63, 3.8) is 0 Å². The number of methoxy groups -OCH3 is 1. The second-order valence-electron chi connectivity index (χ2n) is 11.8. The predicted octanol–water partition coefficient (Wildman–Crippen LogP) is 5.51. The zero-order valence-electron chi connectivity index (χ0n) is 24.4. The number of hydrogen-bond donors (Lipinski definition) is 0. The first-order valence-corrected chi connectivity index (χ1v) is 14.7. The van der Waals surface area contributed by atoms with Gasteiger partial charge in [-0.05, 0) is 52.4 Å². The number of unbranched alkanes of at least 4 members (excludes halogenated alkanes) is 5. The minimum atomic E-state index is -0.655. The summed E-state index contributed by atoms with van der Waals surface area (Å²) in [5.41, 5.74) is 0.915. The molecule has 0 unspecified atom stereocenters. The molecule has 3 aliphatic rings. The molecule has 0 aromatic rings. The normalized spacial score (nSPS) is 30.9. The molecule has 0 amide bonds. The Labute approximate surface area is 229 Å². The van der Waals surface area contributed by atoms with Gasteiger partial charge in [0.05, 0.1) is 44.7 Å². The van der Waals surface area contributed by atoms with Gasteiger partial charge in [0, 0.05) is 18.4 Å². The van der Waals surface area contributed by atoms with Gasteiger partial charge in [0.15, 0.2) is 5.79 Å². The van der Waals surface area contributed by atoms with Crippen LogP contribution in [0.3, 0.4) is 0 Å². The van der Waals surface area contributed by atoms with Gasteiger partial charge in [-0.15, -0.1) is 0 Å². The van der Waals surface area contributed by atoms with Gasteiger partial charge in [-0.1, -0.05) is 51.5 Å². The largest absolute Gasteiger partial charge is 0.469 e. The number of ether oxygens (including phenoxy) is 6. The van der Waals surface area contributed by atoms with E-state index >= 15 is 0 Å². The summed E-state index contributed by atoms with van der Waals surface area (Å²) in [6, 6.07) is 0. The number of hydrogen-bond acceptors (Lipinski definition) is 8. The lowest BCUT2D eigenvalue weighted by Crippen LogP contribution is -2.48. The Morgan fingerprint density at radius 2 is 1.71 bits per heavy atom. The standard InChI is InChI=1S/C30H50O8/c1-7-21(3)27-24(36-27)18-22-19-35-23(29-28(22)37-30(4,5)38-29)16-20(2)17-26(32)34-15-13-11-9-8-10-12-14-25(31)33-6/h17,21-24,27-29H,7-16,18-19H2,1-6H3/b20-17+/t21-,22-,23-,24-,27-,28+,29-/m0/s1. The van der Waals surface area contributed by atoms with Crippen LogP contribution in [0.15, 0.2) is 11.6 Å². The molecule has 38 heavy (non-hydrogen) atoms. The second-order valence-corrected chi connectivity index (χ2v) is 11.8. The van der Waals surface area contributed by atoms with Gasteiger partial charge in [-0.3, -0.25) is 4.79 Å². The van der Waals surface area contributed by atoms with Crippen molar-refractivity contribution in [1.29, 1.82) is 0 Å². The van der Waals surface area contributed by atoms with Crippen LogP contribution in [0.1, 0.15) is 98.8 Å². The van der Waals surface area contributed by atoms with Gasteiger partial charge < -0.3 is 28.4 Å². The monoisotopic (exact) mass is 538 g/mol. The molecule has 0 spiro atoms. The van der Waals surface area contributed by atoms with E-state index < -0.39 is 5.79 Å². The predicted molar refractivity (Wildman–Crippen MR) is 143 cm³/mol. The van der Waals surface area contributed by atoms with Crippen molar-refractivity contribution in [1.82, 2.24) is 0 Å². The van der Waals surface area contributed by atoms with Crippen molar-refractivity contribution < 1.29 is 38.0 Å². The van der Waals surface area contributed by atoms with Crippen LogP contribution in [0.5, 0.6) is 0 Å². The van der Waals surface area contributed by atoms with Crippen molar-refractivity contribution in [2.75, 3.05) is 20.3 Å². The van der Waals surface area contributed by atoms with Crippen LogP contribution in [-0.4, -0.2) is 68.6 Å². The fourth-order valence-electron chi connectivity index (χ4n) is 5.63. The summed E-state index contributed by atoms with van der Waals surface area (Å²) in [5.74, 6) is -0.304. The quantitative estimate of drug-likeness (QED) is 0.110. The van der Waals surface area contributed by atoms with Crippen LogP contribution < -0.4 is 0 Å². The third-order valence-corrected chi connectivity index (χ3v) is 8.02. The van der Waals surface area contributed by atoms with E-state index in [1.165, 1.54) is 7.11 Å². The van der Waals surface area contributed by atoms with E-state index in [0.717, 1.165) is 56.9 Å². The smallest absolute Gasteiger partial charge is 0.330 e. The molecule has 3 fully saturated rings. The molecule has 0 aliphatic carbocycles. The maximum atomic E-state index is 12.3. The van der Waals surface area contributed by atoms with E-state index in [-0.39, 0.29) is 42.3 Å². The summed E-state index contributed by atoms with van der Waals surface area (Å²) >= 11 is 0. The first-order chi connectivity index (χ1) is 18.1. The average molecular weight is 539 g/mol. The molecule has 3 rings (SSSR count). The fraction of sp³-hybridized carbons (Fsp3) is 0.867. The molecule has 3 saturated heterocycles. The zero-order chi connectivity index (χ0) is 27.7. The van der Waals surface area contributed by atoms with Crippen LogP contribution in [0.25, 0.3) is 0 Å². The maximum absolute atomic E-state index is 12.3. The topological polar surface area (TPSA) is 92.8 Å². The van der Waals surface area contributed by atoms with Crippen molar-refractivity contribution in [3.05, 3.63) is 11.6 Å². The van der Waals surface area contributed by atoms with E-state index in [1.807, 2.05) is 20.8 Å². The molecule has 8 nitrogen and oxygen atoms in total. The molecular weight excluding hydrogens is 488 g/mol. The highest BCUT2D eigenvalue weighted by Crippen LogP contribution is 2.44. The Morgan fingerprint density at radius 3 is 2.42 bits per heavy atom. The number of esters is 2. The van der Waals surface area contributed by atoms with E-state index in [0.29, 0.717) is 38.1 Å². The lowest BCUT2D eigenvalue weighted by Gasteiger charge is -2.37. The Hall–Kier alpha value is -1.48. The van der Waals surface area contributed by atoms with Crippen LogP contribution >= 0.6 is 0 Å². The zero-order valence-corrected chi connectivity index (χ0v) is 24.4. The molecule has 0 radical (unpaired) electrons. The second kappa shape index (κ2) is 14.8. The molecule has 0 aromatic heterocycles. The highest BCUT2D eigenvalue weighted by atomic mass is 16.8. The van der Waals surface area contributed by atoms with Gasteiger partial charge >= 0.3 is 11.9 Å². The minimum absolute atomic E-state index is 0.0363. The van der Waals surface area contributed by atoms with Crippen molar-refractivity contribution in [3.8, 4) is 0 Å². The van der Waals surface area contributed by atoms with Crippen molar-refractivity contribution in [2.45, 2.75) is 135 Å². The van der Waals surface area contributed by atoms with Gasteiger partial charge in [0.2, 0.25) is 0 Å². The minimum Gasteiger partial charge on any atom is -0.469 e. The highest BCUT2D eigenvalue weighted by Gasteiger charge is 2.54. The van der Waals surface area contributed by atoms with Gasteiger partial charge in [0.25, 0.3) is 0 Å². The van der Waals surface area contributed by atoms with Gasteiger partial charge in [0.1, 0.15) is 6.10 Å². The molecule has 8 heteroatoms. The lowest BCUT2D eigenvalue weighted by molar-refractivity contribution is -0.153. The van der Waals surface area contributed by atoms with Crippen LogP contribution in [-0.2, 0) is 38.0 Å². The van der Waals surface area contributed by atoms with Gasteiger partial charge in [-0.25, -0.2) is 4.79 Å². The SMILES string of the molecule is CC[C@H](C)[C@@H]1O[C@H]1C[C@H]1CO[C@@H](C/C(C)=C/C(=O)OCCCCCCCCC(=O)OC)[C@@H]2OC(C)(C)O[C@H]12. The van der Waals surface area contributed by atoms with Crippen molar-refractivity contribution >= 4 is 11.9 Å². The van der Waals surface area contributed by atoms with E-state index in [4.69, 9.17) is 23.7 Å². The molecule has 0 saturated carbocycles. The molecule has 0 bridgehead atoms. The summed E-state index contributed by atoms with van der Waals surface area (Å²) < 4.78 is 34.9. The Kier molecular flexibility index (Phi) is 12.1. The third-order valence-electron chi connectivity index (χ3n) is 8.02. The van der Waals surface area contributed by atoms with E-state index in [2.05, 4.69) is 18.6 Å². The highest BCUT2D eigenvalue weighted by molar-refractivity contribution is 5.82. The molecule has 7 atom stereocenters. The fourth-order valence-corrected chi connectivity index (χ4v) is 5.63. The van der Waals surface area contributed by atoms with Crippen LogP contribution in [0.2, 0.25) is 0 Å². The van der Waals surface area contributed by atoms with Crippen molar-refractivity contribution in [2.24, 2.45) is 11.8 Å². The van der Waals surface area contributed by atoms with E-state index in [1.54, 1.807) is 6.08 Å². The number of carbonyl (C=O) groups excluding carboxylic acids is 2. The summed E-state index contributed by atoms with van der Waals surface area (Å²) in [5, 5.41) is 0. The number of epoxide rings is 1. The Balaban J connectivity index is 1.36. The first kappa shape index (κ1) is 31.1. The van der Waals surface area contributed by atoms with E-state index in [9.17, 15) is 9.59 Å². The summed E-state index contributed by atoms with van der Waals surface area (Å²) in [7, 11) is 1.42. The third kappa shape index (κ3) is 9.61. The van der Waals surface area contributed by atoms with Crippen LogP contribution in [0.4, 0.5) is 0 Å².